The van der Waals surface area contributed by atoms with Crippen LogP contribution in [0.1, 0.15) is 23.7 Å². The van der Waals surface area contributed by atoms with Gasteiger partial charge in [-0.1, -0.05) is 30.3 Å². The van der Waals surface area contributed by atoms with Crippen molar-refractivity contribution in [3.63, 3.8) is 0 Å². The molecule has 82 valence electrons. The third kappa shape index (κ3) is 1.42. The fourth-order valence-corrected chi connectivity index (χ4v) is 2.47. The number of hydrogen-bond acceptors (Lipinski definition) is 2. The van der Waals surface area contributed by atoms with Gasteiger partial charge < -0.3 is 10.2 Å². The van der Waals surface area contributed by atoms with Crippen LogP contribution in [0.4, 0.5) is 0 Å². The molecule has 3 rings (SSSR count). The predicted molar refractivity (Wildman–Crippen MR) is 63.2 cm³/mol. The summed E-state index contributed by atoms with van der Waals surface area (Å²) in [6.45, 7) is 0. The van der Waals surface area contributed by atoms with Crippen LogP contribution in [-0.4, -0.2) is 16.3 Å². The lowest BCUT2D eigenvalue weighted by atomic mass is 9.86. The van der Waals surface area contributed by atoms with Crippen molar-refractivity contribution in [3.8, 4) is 0 Å². The van der Waals surface area contributed by atoms with Crippen LogP contribution < -0.4 is 0 Å². The second-order valence-electron chi connectivity index (χ2n) is 4.45. The molecule has 0 spiro atoms. The maximum atomic E-state index is 9.94. The Hall–Kier alpha value is -1.38. The molecule has 0 heterocycles. The zero-order chi connectivity index (χ0) is 11.1. The van der Waals surface area contributed by atoms with E-state index in [-0.39, 0.29) is 0 Å². The SMILES string of the molecule is O[C@@H]1CCc2cc3ccccc3cc2[C@@H]1O. The van der Waals surface area contributed by atoms with E-state index in [9.17, 15) is 10.2 Å². The summed E-state index contributed by atoms with van der Waals surface area (Å²) >= 11 is 0. The number of rotatable bonds is 0. The molecule has 1 aliphatic carbocycles. The lowest BCUT2D eigenvalue weighted by molar-refractivity contribution is 0.00660. The average molecular weight is 214 g/mol. The summed E-state index contributed by atoms with van der Waals surface area (Å²) in [5.74, 6) is 0. The molecule has 2 N–H and O–H groups in total. The Morgan fingerprint density at radius 2 is 1.69 bits per heavy atom. The molecule has 0 radical (unpaired) electrons. The van der Waals surface area contributed by atoms with Crippen LogP contribution in [0.25, 0.3) is 10.8 Å². The van der Waals surface area contributed by atoms with E-state index >= 15 is 0 Å². The van der Waals surface area contributed by atoms with Crippen molar-refractivity contribution in [2.75, 3.05) is 0 Å². The molecule has 2 aromatic rings. The lowest BCUT2D eigenvalue weighted by Crippen LogP contribution is -2.24. The first-order valence-electron chi connectivity index (χ1n) is 5.63. The van der Waals surface area contributed by atoms with Crippen molar-refractivity contribution < 1.29 is 10.2 Å². The van der Waals surface area contributed by atoms with Crippen LogP contribution in [0, 0.1) is 0 Å². The fourth-order valence-electron chi connectivity index (χ4n) is 2.47. The minimum Gasteiger partial charge on any atom is -0.390 e. The van der Waals surface area contributed by atoms with E-state index in [1.807, 2.05) is 24.3 Å². The second-order valence-corrected chi connectivity index (χ2v) is 4.45. The lowest BCUT2D eigenvalue weighted by Gasteiger charge is -2.26. The van der Waals surface area contributed by atoms with Crippen molar-refractivity contribution in [1.29, 1.82) is 0 Å². The Balaban J connectivity index is 2.23. The summed E-state index contributed by atoms with van der Waals surface area (Å²) in [4.78, 5) is 0. The molecule has 2 heteroatoms. The molecule has 2 aromatic carbocycles. The largest absolute Gasteiger partial charge is 0.390 e. The van der Waals surface area contributed by atoms with Gasteiger partial charge in [0.1, 0.15) is 6.10 Å². The first-order chi connectivity index (χ1) is 7.75. The number of hydrogen-bond donors (Lipinski definition) is 2. The van der Waals surface area contributed by atoms with E-state index in [2.05, 4.69) is 12.1 Å². The molecular weight excluding hydrogens is 200 g/mol. The first kappa shape index (κ1) is 9.82. The van der Waals surface area contributed by atoms with E-state index in [1.54, 1.807) is 0 Å². The van der Waals surface area contributed by atoms with Gasteiger partial charge in [-0.25, -0.2) is 0 Å². The smallest absolute Gasteiger partial charge is 0.105 e. The highest BCUT2D eigenvalue weighted by atomic mass is 16.3. The fraction of sp³-hybridized carbons (Fsp3) is 0.286. The quantitative estimate of drug-likeness (QED) is 0.705. The molecule has 0 unspecified atom stereocenters. The summed E-state index contributed by atoms with van der Waals surface area (Å²) in [6.07, 6.45) is 0.146. The number of fused-ring (bicyclic) bond motifs is 2. The Morgan fingerprint density at radius 3 is 2.44 bits per heavy atom. The minimum atomic E-state index is -0.728. The van der Waals surface area contributed by atoms with Gasteiger partial charge in [0.2, 0.25) is 0 Å². The van der Waals surface area contributed by atoms with Crippen LogP contribution in [0.2, 0.25) is 0 Å². The molecule has 0 aromatic heterocycles. The molecule has 1 aliphatic rings. The highest BCUT2D eigenvalue weighted by Gasteiger charge is 2.26. The monoisotopic (exact) mass is 214 g/mol. The van der Waals surface area contributed by atoms with E-state index < -0.39 is 12.2 Å². The van der Waals surface area contributed by atoms with E-state index in [0.29, 0.717) is 6.42 Å². The topological polar surface area (TPSA) is 40.5 Å². The van der Waals surface area contributed by atoms with Crippen molar-refractivity contribution >= 4 is 10.8 Å². The van der Waals surface area contributed by atoms with Gasteiger partial charge in [-0.15, -0.1) is 0 Å². The third-order valence-electron chi connectivity index (χ3n) is 3.40. The molecule has 0 saturated heterocycles. The molecule has 0 amide bonds. The Labute approximate surface area is 94.2 Å². The Morgan fingerprint density at radius 1 is 1.00 bits per heavy atom. The van der Waals surface area contributed by atoms with Gasteiger partial charge in [-0.2, -0.15) is 0 Å². The van der Waals surface area contributed by atoms with Crippen molar-refractivity contribution in [2.24, 2.45) is 0 Å². The molecule has 0 saturated carbocycles. The zero-order valence-corrected chi connectivity index (χ0v) is 8.93. The number of aryl methyl sites for hydroxylation is 1. The summed E-state index contributed by atoms with van der Waals surface area (Å²) in [5.41, 5.74) is 2.05. The highest BCUT2D eigenvalue weighted by molar-refractivity contribution is 5.84. The molecule has 0 fully saturated rings. The highest BCUT2D eigenvalue weighted by Crippen LogP contribution is 2.32. The minimum absolute atomic E-state index is 0.617. The molecule has 0 bridgehead atoms. The maximum Gasteiger partial charge on any atom is 0.105 e. The normalized spacial score (nSPS) is 24.4. The van der Waals surface area contributed by atoms with Gasteiger partial charge in [-0.3, -0.25) is 0 Å². The summed E-state index contributed by atoms with van der Waals surface area (Å²) in [7, 11) is 0. The molecule has 16 heavy (non-hydrogen) atoms. The maximum absolute atomic E-state index is 9.94. The van der Waals surface area contributed by atoms with Crippen molar-refractivity contribution in [1.82, 2.24) is 0 Å². The van der Waals surface area contributed by atoms with E-state index in [0.717, 1.165) is 22.9 Å². The Kier molecular flexibility index (Phi) is 2.20. The van der Waals surface area contributed by atoms with Gasteiger partial charge in [0.15, 0.2) is 0 Å². The second kappa shape index (κ2) is 3.58. The molecular formula is C14H14O2. The standard InChI is InChI=1S/C14H14O2/c15-13-6-5-11-7-9-3-1-2-4-10(9)8-12(11)14(13)16/h1-4,7-8,13-16H,5-6H2/t13-,14+/m1/s1. The number of aliphatic hydroxyl groups excluding tert-OH is 2. The van der Waals surface area contributed by atoms with Gasteiger partial charge in [0.05, 0.1) is 6.10 Å². The first-order valence-corrected chi connectivity index (χ1v) is 5.63. The van der Waals surface area contributed by atoms with Gasteiger partial charge in [0.25, 0.3) is 0 Å². The van der Waals surface area contributed by atoms with Gasteiger partial charge in [-0.05, 0) is 40.8 Å². The Bertz CT molecular complexity index is 533. The van der Waals surface area contributed by atoms with Gasteiger partial charge in [0, 0.05) is 0 Å². The summed E-state index contributed by atoms with van der Waals surface area (Å²) in [5, 5.41) is 21.9. The molecule has 0 aliphatic heterocycles. The zero-order valence-electron chi connectivity index (χ0n) is 8.93. The van der Waals surface area contributed by atoms with Crippen molar-refractivity contribution in [3.05, 3.63) is 47.5 Å². The van der Waals surface area contributed by atoms with Crippen LogP contribution in [0.3, 0.4) is 0 Å². The number of benzene rings is 2. The van der Waals surface area contributed by atoms with Crippen LogP contribution in [0.5, 0.6) is 0 Å². The van der Waals surface area contributed by atoms with Crippen LogP contribution >= 0.6 is 0 Å². The summed E-state index contributed by atoms with van der Waals surface area (Å²) < 4.78 is 0. The van der Waals surface area contributed by atoms with E-state index in [1.165, 1.54) is 5.39 Å². The molecule has 2 atom stereocenters. The average Bonchev–Trinajstić information content (AvgIpc) is 2.32. The van der Waals surface area contributed by atoms with Crippen LogP contribution in [-0.2, 0) is 6.42 Å². The number of aliphatic hydroxyl groups is 2. The van der Waals surface area contributed by atoms with Gasteiger partial charge >= 0.3 is 0 Å². The van der Waals surface area contributed by atoms with Crippen LogP contribution in [0.15, 0.2) is 36.4 Å². The molecule has 2 nitrogen and oxygen atoms in total. The van der Waals surface area contributed by atoms with E-state index in [4.69, 9.17) is 0 Å². The third-order valence-corrected chi connectivity index (χ3v) is 3.40. The summed E-state index contributed by atoms with van der Waals surface area (Å²) in [6, 6.07) is 12.2. The predicted octanol–water partition coefficient (Wildman–Crippen LogP) is 2.18. The van der Waals surface area contributed by atoms with Crippen molar-refractivity contribution in [2.45, 2.75) is 25.0 Å².